The number of amides is 1. The molecule has 1 atom stereocenters. The Morgan fingerprint density at radius 1 is 1.26 bits per heavy atom. The number of aliphatic hydroxyl groups excluding tert-OH is 1. The summed E-state index contributed by atoms with van der Waals surface area (Å²) in [7, 11) is 0. The van der Waals surface area contributed by atoms with Gasteiger partial charge < -0.3 is 14.9 Å². The van der Waals surface area contributed by atoms with E-state index in [0.29, 0.717) is 0 Å². The van der Waals surface area contributed by atoms with Crippen LogP contribution < -0.4 is 0 Å². The maximum absolute atomic E-state index is 11.3. The van der Waals surface area contributed by atoms with Crippen LogP contribution in [-0.4, -0.2) is 45.2 Å². The molecule has 3 N–H and O–H groups in total. The van der Waals surface area contributed by atoms with Crippen LogP contribution in [0.2, 0.25) is 0 Å². The van der Waals surface area contributed by atoms with Gasteiger partial charge >= 0.3 is 12.1 Å². The van der Waals surface area contributed by atoms with Crippen LogP contribution >= 0.6 is 0 Å². The van der Waals surface area contributed by atoms with E-state index in [2.05, 4.69) is 0 Å². The lowest BCUT2D eigenvalue weighted by molar-refractivity contribution is -0.148. The molecule has 0 bridgehead atoms. The van der Waals surface area contributed by atoms with Crippen molar-refractivity contribution in [2.24, 2.45) is 0 Å². The molecule has 0 aliphatic rings. The summed E-state index contributed by atoms with van der Waals surface area (Å²) in [6.45, 7) is -0.334. The van der Waals surface area contributed by atoms with Gasteiger partial charge in [-0.25, -0.2) is 9.59 Å². The van der Waals surface area contributed by atoms with E-state index in [9.17, 15) is 14.8 Å². The Bertz CT molecular complexity index is 421. The van der Waals surface area contributed by atoms with Crippen LogP contribution in [0.3, 0.4) is 0 Å². The van der Waals surface area contributed by atoms with E-state index < -0.39 is 18.2 Å². The quantitative estimate of drug-likeness (QED) is 0.522. The molecular weight excluding hydrogens is 254 g/mol. The van der Waals surface area contributed by atoms with Gasteiger partial charge in [0.1, 0.15) is 6.61 Å². The van der Waals surface area contributed by atoms with E-state index in [1.807, 2.05) is 6.07 Å². The number of hydrogen-bond donors (Lipinski definition) is 3. The fourth-order valence-electron chi connectivity index (χ4n) is 1.25. The number of carbonyl (C=O) groups is 2. The van der Waals surface area contributed by atoms with E-state index in [4.69, 9.17) is 14.9 Å². The summed E-state index contributed by atoms with van der Waals surface area (Å²) in [4.78, 5) is 21.6. The van der Waals surface area contributed by atoms with Crippen LogP contribution in [0.25, 0.3) is 0 Å². The number of carbonyl (C=O) groups excluding carboxylic acids is 1. The first-order chi connectivity index (χ1) is 9.00. The molecule has 1 rings (SSSR count). The largest absolute Gasteiger partial charge is 0.479 e. The number of aliphatic hydroxyl groups is 1. The highest BCUT2D eigenvalue weighted by Crippen LogP contribution is 2.03. The summed E-state index contributed by atoms with van der Waals surface area (Å²) in [5, 5.41) is 26.9. The molecule has 0 aromatic heterocycles. The minimum absolute atomic E-state index is 0.00177. The highest BCUT2D eigenvalue weighted by Gasteiger charge is 2.18. The fraction of sp³-hybridized carbons (Fsp3) is 0.333. The SMILES string of the molecule is O=C(O)C(O)CCN(O)C(=O)OCc1ccccc1. The number of aliphatic carboxylic acids is 1. The Kier molecular flexibility index (Phi) is 5.77. The normalized spacial score (nSPS) is 11.7. The molecule has 1 aromatic rings. The van der Waals surface area contributed by atoms with Gasteiger partial charge in [-0.2, -0.15) is 5.06 Å². The third-order valence-corrected chi connectivity index (χ3v) is 2.32. The Morgan fingerprint density at radius 2 is 1.89 bits per heavy atom. The van der Waals surface area contributed by atoms with Gasteiger partial charge in [-0.3, -0.25) is 5.21 Å². The molecule has 19 heavy (non-hydrogen) atoms. The highest BCUT2D eigenvalue weighted by molar-refractivity contribution is 5.72. The number of nitrogens with zero attached hydrogens (tertiary/aromatic N) is 1. The number of benzene rings is 1. The molecular formula is C12H15NO6. The number of carboxylic acid groups (broad SMARTS) is 1. The molecule has 0 saturated carbocycles. The minimum atomic E-state index is -1.63. The van der Waals surface area contributed by atoms with Crippen molar-refractivity contribution in [1.29, 1.82) is 0 Å². The number of rotatable bonds is 6. The number of hydroxylamine groups is 2. The lowest BCUT2D eigenvalue weighted by Crippen LogP contribution is -2.32. The fourth-order valence-corrected chi connectivity index (χ4v) is 1.25. The summed E-state index contributed by atoms with van der Waals surface area (Å²) in [5.41, 5.74) is 0.759. The topological polar surface area (TPSA) is 107 Å². The summed E-state index contributed by atoms with van der Waals surface area (Å²) < 4.78 is 4.79. The molecule has 7 heteroatoms. The van der Waals surface area contributed by atoms with E-state index in [-0.39, 0.29) is 24.6 Å². The zero-order chi connectivity index (χ0) is 14.3. The van der Waals surface area contributed by atoms with Gasteiger partial charge in [-0.05, 0) is 5.56 Å². The molecule has 0 heterocycles. The predicted octanol–water partition coefficient (Wildman–Crippen LogP) is 0.850. The second-order valence-electron chi connectivity index (χ2n) is 3.81. The average Bonchev–Trinajstić information content (AvgIpc) is 2.42. The standard InChI is InChI=1S/C12H15NO6/c14-10(11(15)16)6-7-13(18)12(17)19-8-9-4-2-1-3-5-9/h1-5,10,14,18H,6-8H2,(H,15,16). The van der Waals surface area contributed by atoms with Crippen LogP contribution in [0.1, 0.15) is 12.0 Å². The average molecular weight is 269 g/mol. The van der Waals surface area contributed by atoms with Crippen molar-refractivity contribution in [3.63, 3.8) is 0 Å². The molecule has 1 aromatic carbocycles. The maximum Gasteiger partial charge on any atom is 0.434 e. The van der Waals surface area contributed by atoms with Gasteiger partial charge in [0, 0.05) is 6.42 Å². The van der Waals surface area contributed by atoms with Crippen LogP contribution in [0, 0.1) is 0 Å². The Hall–Kier alpha value is -2.12. The summed E-state index contributed by atoms with van der Waals surface area (Å²) in [6, 6.07) is 8.88. The Morgan fingerprint density at radius 3 is 2.47 bits per heavy atom. The number of ether oxygens (including phenoxy) is 1. The smallest absolute Gasteiger partial charge is 0.434 e. The second-order valence-corrected chi connectivity index (χ2v) is 3.81. The van der Waals surface area contributed by atoms with Gasteiger partial charge in [-0.15, -0.1) is 0 Å². The summed E-state index contributed by atoms with van der Waals surface area (Å²) >= 11 is 0. The molecule has 1 unspecified atom stereocenters. The third kappa shape index (κ3) is 5.36. The van der Waals surface area contributed by atoms with Crippen molar-refractivity contribution in [2.45, 2.75) is 19.1 Å². The first kappa shape index (κ1) is 14.9. The van der Waals surface area contributed by atoms with Crippen molar-refractivity contribution in [3.05, 3.63) is 35.9 Å². The van der Waals surface area contributed by atoms with Crippen molar-refractivity contribution in [2.75, 3.05) is 6.54 Å². The first-order valence-corrected chi connectivity index (χ1v) is 5.58. The summed E-state index contributed by atoms with van der Waals surface area (Å²) in [6.07, 6.45) is -2.91. The number of carboxylic acids is 1. The van der Waals surface area contributed by atoms with Crippen LogP contribution in [0.15, 0.2) is 30.3 Å². The highest BCUT2D eigenvalue weighted by atomic mass is 16.6. The second kappa shape index (κ2) is 7.34. The van der Waals surface area contributed by atoms with Crippen LogP contribution in [0.5, 0.6) is 0 Å². The lowest BCUT2D eigenvalue weighted by atomic mass is 10.2. The monoisotopic (exact) mass is 269 g/mol. The molecule has 0 radical (unpaired) electrons. The lowest BCUT2D eigenvalue weighted by Gasteiger charge is -2.15. The molecule has 1 amide bonds. The predicted molar refractivity (Wildman–Crippen MR) is 63.4 cm³/mol. The van der Waals surface area contributed by atoms with Crippen LogP contribution in [0.4, 0.5) is 4.79 Å². The van der Waals surface area contributed by atoms with E-state index in [1.165, 1.54) is 0 Å². The molecule has 0 saturated heterocycles. The molecule has 0 aliphatic heterocycles. The Labute approximate surface area is 109 Å². The van der Waals surface area contributed by atoms with Gasteiger partial charge in [0.25, 0.3) is 0 Å². The van der Waals surface area contributed by atoms with E-state index in [0.717, 1.165) is 5.56 Å². The molecule has 7 nitrogen and oxygen atoms in total. The van der Waals surface area contributed by atoms with Gasteiger partial charge in [0.05, 0.1) is 6.54 Å². The minimum Gasteiger partial charge on any atom is -0.479 e. The Balaban J connectivity index is 2.31. The van der Waals surface area contributed by atoms with Gasteiger partial charge in [0.15, 0.2) is 6.10 Å². The van der Waals surface area contributed by atoms with E-state index in [1.54, 1.807) is 24.3 Å². The summed E-state index contributed by atoms with van der Waals surface area (Å²) in [5.74, 6) is -1.41. The van der Waals surface area contributed by atoms with Gasteiger partial charge in [-0.1, -0.05) is 30.3 Å². The zero-order valence-corrected chi connectivity index (χ0v) is 10.1. The maximum atomic E-state index is 11.3. The zero-order valence-electron chi connectivity index (χ0n) is 10.1. The number of hydrogen-bond acceptors (Lipinski definition) is 5. The van der Waals surface area contributed by atoms with Crippen molar-refractivity contribution < 1.29 is 29.7 Å². The van der Waals surface area contributed by atoms with Crippen molar-refractivity contribution in [1.82, 2.24) is 5.06 Å². The van der Waals surface area contributed by atoms with Gasteiger partial charge in [0.2, 0.25) is 0 Å². The molecule has 104 valence electrons. The van der Waals surface area contributed by atoms with Crippen molar-refractivity contribution >= 4 is 12.1 Å². The molecule has 0 spiro atoms. The third-order valence-electron chi connectivity index (χ3n) is 2.32. The van der Waals surface area contributed by atoms with Crippen LogP contribution in [-0.2, 0) is 16.1 Å². The van der Waals surface area contributed by atoms with E-state index >= 15 is 0 Å². The molecule has 0 aliphatic carbocycles. The molecule has 0 fully saturated rings. The first-order valence-electron chi connectivity index (χ1n) is 5.58. The van der Waals surface area contributed by atoms with Crippen molar-refractivity contribution in [3.8, 4) is 0 Å².